The minimum absolute atomic E-state index is 0.608. The number of rotatable bonds is 7. The van der Waals surface area contributed by atoms with Crippen molar-refractivity contribution in [2.45, 2.75) is 52.1 Å². The molecule has 1 aromatic heterocycles. The molecule has 1 heterocycles. The SMILES string of the molecule is CCCCCC(C)NCc1cn[nH]c1. The average molecular weight is 195 g/mol. The van der Waals surface area contributed by atoms with Crippen LogP contribution in [0.3, 0.4) is 0 Å². The largest absolute Gasteiger partial charge is 0.310 e. The summed E-state index contributed by atoms with van der Waals surface area (Å²) in [6.45, 7) is 5.41. The summed E-state index contributed by atoms with van der Waals surface area (Å²) < 4.78 is 0. The van der Waals surface area contributed by atoms with Crippen molar-refractivity contribution in [2.24, 2.45) is 0 Å². The standard InChI is InChI=1S/C11H21N3/c1-3-4-5-6-10(2)12-7-11-8-13-14-9-11/h8-10,12H,3-7H2,1-2H3,(H,13,14). The van der Waals surface area contributed by atoms with Gasteiger partial charge in [0.2, 0.25) is 0 Å². The van der Waals surface area contributed by atoms with Crippen molar-refractivity contribution in [2.75, 3.05) is 0 Å². The molecule has 0 bridgehead atoms. The van der Waals surface area contributed by atoms with E-state index < -0.39 is 0 Å². The number of hydrogen-bond acceptors (Lipinski definition) is 2. The Hall–Kier alpha value is -0.830. The Bertz CT molecular complexity index is 218. The van der Waals surface area contributed by atoms with Crippen molar-refractivity contribution < 1.29 is 0 Å². The van der Waals surface area contributed by atoms with Crippen LogP contribution >= 0.6 is 0 Å². The second-order valence-electron chi connectivity index (χ2n) is 3.88. The zero-order valence-electron chi connectivity index (χ0n) is 9.21. The van der Waals surface area contributed by atoms with E-state index in [1.807, 2.05) is 12.4 Å². The molecule has 0 fully saturated rings. The molecule has 0 spiro atoms. The minimum atomic E-state index is 0.608. The minimum Gasteiger partial charge on any atom is -0.310 e. The van der Waals surface area contributed by atoms with Gasteiger partial charge in [-0.05, 0) is 13.3 Å². The molecule has 0 saturated carbocycles. The molecule has 0 aliphatic carbocycles. The fourth-order valence-corrected chi connectivity index (χ4v) is 1.47. The molecule has 0 radical (unpaired) electrons. The fraction of sp³-hybridized carbons (Fsp3) is 0.727. The summed E-state index contributed by atoms with van der Waals surface area (Å²) in [6, 6.07) is 0.608. The number of nitrogens with zero attached hydrogens (tertiary/aromatic N) is 1. The van der Waals surface area contributed by atoms with Gasteiger partial charge in [-0.15, -0.1) is 0 Å². The molecule has 3 nitrogen and oxygen atoms in total. The highest BCUT2D eigenvalue weighted by molar-refractivity contribution is 5.01. The highest BCUT2D eigenvalue weighted by atomic mass is 15.1. The summed E-state index contributed by atoms with van der Waals surface area (Å²) >= 11 is 0. The van der Waals surface area contributed by atoms with Crippen LogP contribution in [0.1, 0.15) is 45.1 Å². The van der Waals surface area contributed by atoms with Crippen LogP contribution in [0.25, 0.3) is 0 Å². The summed E-state index contributed by atoms with van der Waals surface area (Å²) in [5, 5.41) is 10.2. The average Bonchev–Trinajstić information content (AvgIpc) is 2.68. The van der Waals surface area contributed by atoms with E-state index >= 15 is 0 Å². The van der Waals surface area contributed by atoms with E-state index in [4.69, 9.17) is 0 Å². The fourth-order valence-electron chi connectivity index (χ4n) is 1.47. The van der Waals surface area contributed by atoms with Gasteiger partial charge in [0.1, 0.15) is 0 Å². The molecule has 1 aromatic rings. The zero-order valence-corrected chi connectivity index (χ0v) is 9.21. The lowest BCUT2D eigenvalue weighted by molar-refractivity contribution is 0.487. The Morgan fingerprint density at radius 2 is 2.36 bits per heavy atom. The molecule has 1 rings (SSSR count). The van der Waals surface area contributed by atoms with E-state index in [0.717, 1.165) is 6.54 Å². The molecule has 14 heavy (non-hydrogen) atoms. The lowest BCUT2D eigenvalue weighted by atomic mass is 10.1. The summed E-state index contributed by atoms with van der Waals surface area (Å²) in [4.78, 5) is 0. The van der Waals surface area contributed by atoms with E-state index in [-0.39, 0.29) is 0 Å². The van der Waals surface area contributed by atoms with Crippen molar-refractivity contribution in [1.29, 1.82) is 0 Å². The van der Waals surface area contributed by atoms with Gasteiger partial charge >= 0.3 is 0 Å². The van der Waals surface area contributed by atoms with Crippen LogP contribution in [0.2, 0.25) is 0 Å². The highest BCUT2D eigenvalue weighted by Crippen LogP contribution is 2.03. The Balaban J connectivity index is 2.06. The van der Waals surface area contributed by atoms with Gasteiger partial charge in [-0.3, -0.25) is 5.10 Å². The maximum Gasteiger partial charge on any atom is 0.0532 e. The number of aromatic amines is 1. The first-order valence-electron chi connectivity index (χ1n) is 5.54. The normalized spacial score (nSPS) is 13.0. The molecular weight excluding hydrogens is 174 g/mol. The van der Waals surface area contributed by atoms with E-state index in [1.54, 1.807) is 0 Å². The third-order valence-corrected chi connectivity index (χ3v) is 2.45. The van der Waals surface area contributed by atoms with Crippen molar-refractivity contribution >= 4 is 0 Å². The monoisotopic (exact) mass is 195 g/mol. The molecule has 1 unspecified atom stereocenters. The predicted octanol–water partition coefficient (Wildman–Crippen LogP) is 2.47. The summed E-state index contributed by atoms with van der Waals surface area (Å²) in [5.41, 5.74) is 1.23. The van der Waals surface area contributed by atoms with Gasteiger partial charge in [-0.1, -0.05) is 26.2 Å². The van der Waals surface area contributed by atoms with E-state index in [2.05, 4.69) is 29.4 Å². The van der Waals surface area contributed by atoms with Gasteiger partial charge < -0.3 is 5.32 Å². The van der Waals surface area contributed by atoms with Gasteiger partial charge in [0.25, 0.3) is 0 Å². The van der Waals surface area contributed by atoms with Crippen LogP contribution in [0.5, 0.6) is 0 Å². The van der Waals surface area contributed by atoms with Gasteiger partial charge in [-0.25, -0.2) is 0 Å². The number of nitrogens with one attached hydrogen (secondary N) is 2. The number of aromatic nitrogens is 2. The van der Waals surface area contributed by atoms with E-state index in [0.29, 0.717) is 6.04 Å². The predicted molar refractivity (Wildman–Crippen MR) is 59.0 cm³/mol. The Kier molecular flexibility index (Phi) is 5.30. The van der Waals surface area contributed by atoms with E-state index in [9.17, 15) is 0 Å². The quantitative estimate of drug-likeness (QED) is 0.656. The number of H-pyrrole nitrogens is 1. The van der Waals surface area contributed by atoms with Crippen LogP contribution in [-0.2, 0) is 6.54 Å². The van der Waals surface area contributed by atoms with Crippen molar-refractivity contribution in [1.82, 2.24) is 15.5 Å². The van der Waals surface area contributed by atoms with Crippen molar-refractivity contribution in [3.05, 3.63) is 18.0 Å². The van der Waals surface area contributed by atoms with Crippen LogP contribution in [-0.4, -0.2) is 16.2 Å². The van der Waals surface area contributed by atoms with Crippen LogP contribution < -0.4 is 5.32 Å². The molecule has 0 aliphatic heterocycles. The Morgan fingerprint density at radius 3 is 3.00 bits per heavy atom. The topological polar surface area (TPSA) is 40.7 Å². The molecule has 0 aromatic carbocycles. The smallest absolute Gasteiger partial charge is 0.0532 e. The first-order chi connectivity index (χ1) is 6.83. The first-order valence-corrected chi connectivity index (χ1v) is 5.54. The lowest BCUT2D eigenvalue weighted by Crippen LogP contribution is -2.25. The summed E-state index contributed by atoms with van der Waals surface area (Å²) in [6.07, 6.45) is 9.05. The van der Waals surface area contributed by atoms with E-state index in [1.165, 1.54) is 31.2 Å². The molecule has 1 atom stereocenters. The zero-order chi connectivity index (χ0) is 10.2. The molecule has 3 heteroatoms. The van der Waals surface area contributed by atoms with Crippen molar-refractivity contribution in [3.8, 4) is 0 Å². The van der Waals surface area contributed by atoms with Crippen LogP contribution in [0.15, 0.2) is 12.4 Å². The van der Waals surface area contributed by atoms with Crippen molar-refractivity contribution in [3.63, 3.8) is 0 Å². The molecule has 0 saturated heterocycles. The molecule has 0 amide bonds. The molecular formula is C11H21N3. The number of hydrogen-bond donors (Lipinski definition) is 2. The second kappa shape index (κ2) is 6.60. The molecule has 0 aliphatic rings. The number of unbranched alkanes of at least 4 members (excludes halogenated alkanes) is 2. The van der Waals surface area contributed by atoms with Crippen LogP contribution in [0.4, 0.5) is 0 Å². The maximum absolute atomic E-state index is 3.91. The van der Waals surface area contributed by atoms with Gasteiger partial charge in [0.15, 0.2) is 0 Å². The van der Waals surface area contributed by atoms with Gasteiger partial charge in [-0.2, -0.15) is 5.10 Å². The molecule has 2 N–H and O–H groups in total. The maximum atomic E-state index is 3.91. The lowest BCUT2D eigenvalue weighted by Gasteiger charge is -2.12. The summed E-state index contributed by atoms with van der Waals surface area (Å²) in [7, 11) is 0. The Labute approximate surface area is 86.3 Å². The van der Waals surface area contributed by atoms with Gasteiger partial charge in [0, 0.05) is 24.3 Å². The second-order valence-corrected chi connectivity index (χ2v) is 3.88. The third kappa shape index (κ3) is 4.42. The first kappa shape index (κ1) is 11.2. The van der Waals surface area contributed by atoms with Gasteiger partial charge in [0.05, 0.1) is 6.20 Å². The summed E-state index contributed by atoms with van der Waals surface area (Å²) in [5.74, 6) is 0. The van der Waals surface area contributed by atoms with Crippen LogP contribution in [0, 0.1) is 0 Å². The Morgan fingerprint density at radius 1 is 1.50 bits per heavy atom. The molecule has 80 valence electrons. The third-order valence-electron chi connectivity index (χ3n) is 2.45. The highest BCUT2D eigenvalue weighted by Gasteiger charge is 2.01.